The van der Waals surface area contributed by atoms with E-state index in [1.807, 2.05) is 0 Å². The van der Waals surface area contributed by atoms with Gasteiger partial charge in [-0.3, -0.25) is 0 Å². The molecule has 0 aliphatic heterocycles. The van der Waals surface area contributed by atoms with Gasteiger partial charge in [-0.05, 0) is 25.5 Å². The Kier molecular flexibility index (Phi) is 4.56. The van der Waals surface area contributed by atoms with E-state index in [0.717, 1.165) is 19.3 Å². The van der Waals surface area contributed by atoms with Crippen molar-refractivity contribution in [3.63, 3.8) is 0 Å². The third-order valence-corrected chi connectivity index (χ3v) is 2.27. The summed E-state index contributed by atoms with van der Waals surface area (Å²) in [4.78, 5) is 0. The Labute approximate surface area is 84.1 Å². The van der Waals surface area contributed by atoms with Crippen molar-refractivity contribution in [1.29, 1.82) is 0 Å². The number of halogens is 1. The average Bonchev–Trinajstić information content (AvgIpc) is 2.18. The van der Waals surface area contributed by atoms with Crippen molar-refractivity contribution in [3.05, 3.63) is 35.6 Å². The van der Waals surface area contributed by atoms with E-state index in [9.17, 15) is 4.39 Å². The molecule has 78 valence electrons. The summed E-state index contributed by atoms with van der Waals surface area (Å²) in [5.41, 5.74) is 11.8. The Morgan fingerprint density at radius 3 is 2.57 bits per heavy atom. The molecule has 0 bridgehead atoms. The van der Waals surface area contributed by atoms with Crippen LogP contribution in [-0.2, 0) is 0 Å². The van der Waals surface area contributed by atoms with Crippen molar-refractivity contribution in [2.75, 3.05) is 6.54 Å². The minimum Gasteiger partial charge on any atom is -0.330 e. The maximum atomic E-state index is 13.2. The van der Waals surface area contributed by atoms with Gasteiger partial charge in [0, 0.05) is 11.6 Å². The topological polar surface area (TPSA) is 52.0 Å². The number of benzene rings is 1. The zero-order chi connectivity index (χ0) is 10.4. The van der Waals surface area contributed by atoms with E-state index in [0.29, 0.717) is 12.1 Å². The first kappa shape index (κ1) is 11.1. The van der Waals surface area contributed by atoms with Gasteiger partial charge < -0.3 is 11.5 Å². The highest BCUT2D eigenvalue weighted by Crippen LogP contribution is 2.19. The summed E-state index contributed by atoms with van der Waals surface area (Å²) >= 11 is 0. The van der Waals surface area contributed by atoms with Crippen LogP contribution in [0.25, 0.3) is 0 Å². The van der Waals surface area contributed by atoms with Crippen LogP contribution in [0.2, 0.25) is 0 Å². The van der Waals surface area contributed by atoms with E-state index in [1.54, 1.807) is 18.2 Å². The molecular weight excluding hydrogens is 179 g/mol. The molecule has 0 aliphatic rings. The molecule has 0 aromatic heterocycles. The van der Waals surface area contributed by atoms with Crippen LogP contribution in [-0.4, -0.2) is 6.54 Å². The Morgan fingerprint density at radius 1 is 1.21 bits per heavy atom. The van der Waals surface area contributed by atoms with Gasteiger partial charge in [0.1, 0.15) is 5.82 Å². The van der Waals surface area contributed by atoms with Crippen molar-refractivity contribution in [1.82, 2.24) is 0 Å². The summed E-state index contributed by atoms with van der Waals surface area (Å²) in [6.07, 6.45) is 2.69. The highest BCUT2D eigenvalue weighted by molar-refractivity contribution is 5.20. The van der Waals surface area contributed by atoms with Gasteiger partial charge in [0.05, 0.1) is 0 Å². The average molecular weight is 196 g/mol. The van der Waals surface area contributed by atoms with Crippen molar-refractivity contribution < 1.29 is 4.39 Å². The molecule has 2 nitrogen and oxygen atoms in total. The normalized spacial score (nSPS) is 12.8. The molecule has 0 radical (unpaired) electrons. The second-order valence-corrected chi connectivity index (χ2v) is 3.41. The molecule has 0 saturated heterocycles. The molecule has 0 saturated carbocycles. The van der Waals surface area contributed by atoms with E-state index in [1.165, 1.54) is 6.07 Å². The predicted octanol–water partition coefficient (Wildman–Crippen LogP) is 1.95. The van der Waals surface area contributed by atoms with Crippen LogP contribution >= 0.6 is 0 Å². The smallest absolute Gasteiger partial charge is 0.127 e. The zero-order valence-electron chi connectivity index (χ0n) is 8.25. The Balaban J connectivity index is 2.51. The Morgan fingerprint density at radius 2 is 1.93 bits per heavy atom. The largest absolute Gasteiger partial charge is 0.330 e. The highest BCUT2D eigenvalue weighted by Gasteiger charge is 2.09. The SMILES string of the molecule is NCCCC[C@H](N)c1ccccc1F. The molecule has 0 aliphatic carbocycles. The first-order chi connectivity index (χ1) is 6.75. The maximum absolute atomic E-state index is 13.2. The summed E-state index contributed by atoms with van der Waals surface area (Å²) < 4.78 is 13.2. The maximum Gasteiger partial charge on any atom is 0.127 e. The molecule has 0 heterocycles. The fraction of sp³-hybridized carbons (Fsp3) is 0.455. The van der Waals surface area contributed by atoms with Crippen LogP contribution in [0.15, 0.2) is 24.3 Å². The van der Waals surface area contributed by atoms with E-state index in [2.05, 4.69) is 0 Å². The number of hydrogen-bond donors (Lipinski definition) is 2. The molecule has 0 unspecified atom stereocenters. The van der Waals surface area contributed by atoms with Crippen molar-refractivity contribution in [3.8, 4) is 0 Å². The fourth-order valence-corrected chi connectivity index (χ4v) is 1.44. The first-order valence-electron chi connectivity index (χ1n) is 4.95. The predicted molar refractivity (Wildman–Crippen MR) is 56.2 cm³/mol. The van der Waals surface area contributed by atoms with Gasteiger partial charge in [0.25, 0.3) is 0 Å². The molecular formula is C11H17FN2. The lowest BCUT2D eigenvalue weighted by Crippen LogP contribution is -2.12. The van der Waals surface area contributed by atoms with Gasteiger partial charge in [-0.25, -0.2) is 4.39 Å². The van der Waals surface area contributed by atoms with E-state index < -0.39 is 0 Å². The third kappa shape index (κ3) is 3.09. The molecule has 0 fully saturated rings. The monoisotopic (exact) mass is 196 g/mol. The van der Waals surface area contributed by atoms with Gasteiger partial charge in [-0.15, -0.1) is 0 Å². The molecule has 4 N–H and O–H groups in total. The molecule has 14 heavy (non-hydrogen) atoms. The van der Waals surface area contributed by atoms with Gasteiger partial charge in [0.15, 0.2) is 0 Å². The number of rotatable bonds is 5. The Hall–Kier alpha value is -0.930. The van der Waals surface area contributed by atoms with Crippen LogP contribution in [0.4, 0.5) is 4.39 Å². The molecule has 1 rings (SSSR count). The second-order valence-electron chi connectivity index (χ2n) is 3.41. The van der Waals surface area contributed by atoms with Gasteiger partial charge in [0.2, 0.25) is 0 Å². The quantitative estimate of drug-likeness (QED) is 0.707. The second kappa shape index (κ2) is 5.73. The lowest BCUT2D eigenvalue weighted by molar-refractivity contribution is 0.543. The van der Waals surface area contributed by atoms with E-state index >= 15 is 0 Å². The molecule has 1 aromatic rings. The Bertz CT molecular complexity index is 276. The molecule has 0 spiro atoms. The van der Waals surface area contributed by atoms with Crippen LogP contribution in [0.3, 0.4) is 0 Å². The molecule has 3 heteroatoms. The fourth-order valence-electron chi connectivity index (χ4n) is 1.44. The summed E-state index contributed by atoms with van der Waals surface area (Å²) in [7, 11) is 0. The van der Waals surface area contributed by atoms with Crippen LogP contribution in [0, 0.1) is 5.82 Å². The highest BCUT2D eigenvalue weighted by atomic mass is 19.1. The lowest BCUT2D eigenvalue weighted by Gasteiger charge is -2.12. The molecule has 1 aromatic carbocycles. The van der Waals surface area contributed by atoms with Crippen molar-refractivity contribution in [2.24, 2.45) is 11.5 Å². The number of hydrogen-bond acceptors (Lipinski definition) is 2. The summed E-state index contributed by atoms with van der Waals surface area (Å²) in [6.45, 7) is 0.671. The number of unbranched alkanes of at least 4 members (excludes halogenated alkanes) is 1. The van der Waals surface area contributed by atoms with E-state index in [4.69, 9.17) is 11.5 Å². The minimum absolute atomic E-state index is 0.206. The van der Waals surface area contributed by atoms with Gasteiger partial charge in [-0.2, -0.15) is 0 Å². The first-order valence-corrected chi connectivity index (χ1v) is 4.95. The standard InChI is InChI=1S/C11H17FN2/c12-10-6-2-1-5-9(10)11(14)7-3-4-8-13/h1-2,5-6,11H,3-4,7-8,13-14H2/t11-/m0/s1. The minimum atomic E-state index is -0.215. The van der Waals surface area contributed by atoms with Gasteiger partial charge >= 0.3 is 0 Å². The van der Waals surface area contributed by atoms with Crippen molar-refractivity contribution >= 4 is 0 Å². The third-order valence-electron chi connectivity index (χ3n) is 2.27. The van der Waals surface area contributed by atoms with E-state index in [-0.39, 0.29) is 11.9 Å². The summed E-state index contributed by atoms with van der Waals surface area (Å²) in [5, 5.41) is 0. The van der Waals surface area contributed by atoms with Crippen LogP contribution in [0.5, 0.6) is 0 Å². The van der Waals surface area contributed by atoms with Crippen LogP contribution in [0.1, 0.15) is 30.9 Å². The summed E-state index contributed by atoms with van der Waals surface area (Å²) in [6, 6.07) is 6.45. The lowest BCUT2D eigenvalue weighted by atomic mass is 10.0. The van der Waals surface area contributed by atoms with Crippen LogP contribution < -0.4 is 11.5 Å². The molecule has 1 atom stereocenters. The van der Waals surface area contributed by atoms with Gasteiger partial charge in [-0.1, -0.05) is 24.6 Å². The summed E-state index contributed by atoms with van der Waals surface area (Å²) in [5.74, 6) is -0.215. The van der Waals surface area contributed by atoms with Crippen molar-refractivity contribution in [2.45, 2.75) is 25.3 Å². The molecule has 0 amide bonds. The number of nitrogens with two attached hydrogens (primary N) is 2. The zero-order valence-corrected chi connectivity index (χ0v) is 8.25.